The molecule has 1 fully saturated rings. The van der Waals surface area contributed by atoms with Crippen LogP contribution < -0.4 is 10.6 Å². The first kappa shape index (κ1) is 18.6. The number of hydrogen-bond donors (Lipinski definition) is 2. The summed E-state index contributed by atoms with van der Waals surface area (Å²) in [6.07, 6.45) is 2.87. The van der Waals surface area contributed by atoms with E-state index in [-0.39, 0.29) is 28.9 Å². The predicted octanol–water partition coefficient (Wildman–Crippen LogP) is 2.11. The second-order valence-electron chi connectivity index (χ2n) is 8.15. The number of carbonyl (C=O) groups is 2. The van der Waals surface area contributed by atoms with E-state index >= 15 is 0 Å². The zero-order valence-electron chi connectivity index (χ0n) is 15.1. The van der Waals surface area contributed by atoms with Gasteiger partial charge in [0.1, 0.15) is 0 Å². The van der Waals surface area contributed by atoms with Gasteiger partial charge in [0.15, 0.2) is 0 Å². The fourth-order valence-corrected chi connectivity index (χ4v) is 3.62. The Kier molecular flexibility index (Phi) is 5.70. The molecule has 0 radical (unpaired) electrons. The second-order valence-corrected chi connectivity index (χ2v) is 8.15. The molecule has 2 atom stereocenters. The minimum Gasteiger partial charge on any atom is -0.337 e. The Morgan fingerprint density at radius 3 is 2.05 bits per heavy atom. The van der Waals surface area contributed by atoms with Crippen molar-refractivity contribution in [3.05, 3.63) is 0 Å². The topological polar surface area (TPSA) is 64.7 Å². The van der Waals surface area contributed by atoms with Crippen molar-refractivity contribution >= 4 is 12.1 Å². The van der Waals surface area contributed by atoms with E-state index in [4.69, 9.17) is 0 Å². The molecule has 1 aliphatic rings. The molecule has 6 heteroatoms. The summed E-state index contributed by atoms with van der Waals surface area (Å²) in [4.78, 5) is 26.8. The van der Waals surface area contributed by atoms with Gasteiger partial charge in [-0.15, -0.1) is 0 Å². The molecule has 4 amide bonds. The number of rotatable bonds is 3. The van der Waals surface area contributed by atoms with Gasteiger partial charge in [0.05, 0.1) is 0 Å². The van der Waals surface area contributed by atoms with E-state index in [9.17, 15) is 9.59 Å². The molecule has 0 heterocycles. The maximum Gasteiger partial charge on any atom is 0.317 e. The number of nitrogens with one attached hydrogen (secondary N) is 2. The van der Waals surface area contributed by atoms with Gasteiger partial charge in [-0.3, -0.25) is 0 Å². The van der Waals surface area contributed by atoms with E-state index < -0.39 is 0 Å². The lowest BCUT2D eigenvalue weighted by atomic mass is 9.62. The summed E-state index contributed by atoms with van der Waals surface area (Å²) in [5.74, 6) is 0. The molecule has 1 rings (SSSR count). The fourth-order valence-electron chi connectivity index (χ4n) is 3.62. The summed E-state index contributed by atoms with van der Waals surface area (Å²) in [7, 11) is 6.98. The predicted molar refractivity (Wildman–Crippen MR) is 88.8 cm³/mol. The van der Waals surface area contributed by atoms with Crippen LogP contribution >= 0.6 is 0 Å². The minimum absolute atomic E-state index is 0.0162. The Morgan fingerprint density at radius 2 is 1.55 bits per heavy atom. The van der Waals surface area contributed by atoms with Crippen LogP contribution in [0.15, 0.2) is 0 Å². The largest absolute Gasteiger partial charge is 0.337 e. The van der Waals surface area contributed by atoms with Crippen LogP contribution in [0, 0.1) is 10.8 Å². The van der Waals surface area contributed by atoms with Gasteiger partial charge < -0.3 is 20.4 Å². The summed E-state index contributed by atoms with van der Waals surface area (Å²) < 4.78 is 0. The summed E-state index contributed by atoms with van der Waals surface area (Å²) in [6.45, 7) is 7.28. The molecule has 0 aromatic carbocycles. The maximum atomic E-state index is 11.9. The Morgan fingerprint density at radius 1 is 1.00 bits per heavy atom. The molecule has 0 aromatic heterocycles. The zero-order valence-corrected chi connectivity index (χ0v) is 15.1. The lowest BCUT2D eigenvalue weighted by molar-refractivity contribution is 0.0724. The van der Waals surface area contributed by atoms with E-state index in [1.807, 2.05) is 0 Å². The Balaban J connectivity index is 2.73. The summed E-state index contributed by atoms with van der Waals surface area (Å²) in [6, 6.07) is 0.0146. The third-order valence-electron chi connectivity index (χ3n) is 4.25. The number of amides is 4. The van der Waals surface area contributed by atoms with Crippen molar-refractivity contribution in [2.75, 3.05) is 34.7 Å². The van der Waals surface area contributed by atoms with Crippen LogP contribution in [0.1, 0.15) is 40.0 Å². The highest BCUT2D eigenvalue weighted by Gasteiger charge is 2.42. The third kappa shape index (κ3) is 5.39. The van der Waals surface area contributed by atoms with Gasteiger partial charge in [-0.1, -0.05) is 20.8 Å². The molecule has 0 bridgehead atoms. The quantitative estimate of drug-likeness (QED) is 0.838. The standard InChI is InChI=1S/C16H32N4O2/c1-15(2)8-12(18-14(22)20(6)7)9-16(3,10-15)11-17-13(21)19(4)5/h12H,8-11H2,1-7H3,(H,17,21)(H,18,22). The zero-order chi connectivity index (χ0) is 17.1. The molecular formula is C16H32N4O2. The van der Waals surface area contributed by atoms with Crippen molar-refractivity contribution in [2.24, 2.45) is 10.8 Å². The van der Waals surface area contributed by atoms with Gasteiger partial charge in [-0.2, -0.15) is 0 Å². The first-order valence-corrected chi connectivity index (χ1v) is 7.87. The second kappa shape index (κ2) is 6.75. The lowest BCUT2D eigenvalue weighted by Crippen LogP contribution is -2.52. The number of nitrogens with zero attached hydrogens (tertiary/aromatic N) is 2. The van der Waals surface area contributed by atoms with Crippen molar-refractivity contribution in [3.63, 3.8) is 0 Å². The van der Waals surface area contributed by atoms with Gasteiger partial charge >= 0.3 is 12.1 Å². The third-order valence-corrected chi connectivity index (χ3v) is 4.25. The van der Waals surface area contributed by atoms with E-state index in [2.05, 4.69) is 31.4 Å². The van der Waals surface area contributed by atoms with Crippen molar-refractivity contribution in [3.8, 4) is 0 Å². The van der Waals surface area contributed by atoms with Crippen molar-refractivity contribution in [1.29, 1.82) is 0 Å². The van der Waals surface area contributed by atoms with Crippen LogP contribution in [-0.2, 0) is 0 Å². The summed E-state index contributed by atoms with van der Waals surface area (Å²) >= 11 is 0. The van der Waals surface area contributed by atoms with Gasteiger partial charge in [0, 0.05) is 40.8 Å². The van der Waals surface area contributed by atoms with Crippen LogP contribution in [0.4, 0.5) is 9.59 Å². The number of carbonyl (C=O) groups excluding carboxylic acids is 2. The van der Waals surface area contributed by atoms with Crippen LogP contribution in [-0.4, -0.2) is 62.6 Å². The first-order valence-electron chi connectivity index (χ1n) is 7.87. The van der Waals surface area contributed by atoms with Crippen LogP contribution in [0.5, 0.6) is 0 Å². The molecule has 0 spiro atoms. The normalized spacial score (nSPS) is 27.0. The molecule has 22 heavy (non-hydrogen) atoms. The van der Waals surface area contributed by atoms with E-state index in [1.165, 1.54) is 0 Å². The summed E-state index contributed by atoms with van der Waals surface area (Å²) in [5.41, 5.74) is 0.123. The van der Waals surface area contributed by atoms with Gasteiger partial charge in [0.2, 0.25) is 0 Å². The van der Waals surface area contributed by atoms with Crippen LogP contribution in [0.3, 0.4) is 0 Å². The Labute approximate surface area is 134 Å². The molecule has 1 aliphatic carbocycles. The molecule has 128 valence electrons. The van der Waals surface area contributed by atoms with Crippen molar-refractivity contribution in [1.82, 2.24) is 20.4 Å². The molecular weight excluding hydrogens is 280 g/mol. The highest BCUT2D eigenvalue weighted by Crippen LogP contribution is 2.45. The van der Waals surface area contributed by atoms with Crippen LogP contribution in [0.2, 0.25) is 0 Å². The van der Waals surface area contributed by atoms with Crippen molar-refractivity contribution in [2.45, 2.75) is 46.1 Å². The average molecular weight is 312 g/mol. The number of urea groups is 2. The Bertz CT molecular complexity index is 420. The van der Waals surface area contributed by atoms with E-state index in [0.29, 0.717) is 6.54 Å². The van der Waals surface area contributed by atoms with Crippen LogP contribution in [0.25, 0.3) is 0 Å². The lowest BCUT2D eigenvalue weighted by Gasteiger charge is -2.47. The molecule has 1 saturated carbocycles. The highest BCUT2D eigenvalue weighted by atomic mass is 16.2. The SMILES string of the molecule is CN(C)C(=O)NCC1(C)CC(NC(=O)N(C)C)CC(C)(C)C1. The maximum absolute atomic E-state index is 11.9. The highest BCUT2D eigenvalue weighted by molar-refractivity contribution is 5.74. The van der Waals surface area contributed by atoms with Gasteiger partial charge in [-0.05, 0) is 30.1 Å². The average Bonchev–Trinajstić information content (AvgIpc) is 2.33. The monoisotopic (exact) mass is 312 g/mol. The number of hydrogen-bond acceptors (Lipinski definition) is 2. The van der Waals surface area contributed by atoms with E-state index in [0.717, 1.165) is 19.3 Å². The molecule has 6 nitrogen and oxygen atoms in total. The molecule has 0 saturated heterocycles. The molecule has 2 unspecified atom stereocenters. The van der Waals surface area contributed by atoms with Gasteiger partial charge in [0.25, 0.3) is 0 Å². The minimum atomic E-state index is -0.0709. The molecule has 0 aliphatic heterocycles. The Hall–Kier alpha value is -1.46. The smallest absolute Gasteiger partial charge is 0.317 e. The fraction of sp³-hybridized carbons (Fsp3) is 0.875. The van der Waals surface area contributed by atoms with Gasteiger partial charge in [-0.25, -0.2) is 9.59 Å². The van der Waals surface area contributed by atoms with E-state index in [1.54, 1.807) is 38.0 Å². The van der Waals surface area contributed by atoms with Crippen molar-refractivity contribution < 1.29 is 9.59 Å². The first-order chi connectivity index (χ1) is 9.94. The molecule has 0 aromatic rings. The molecule has 2 N–H and O–H groups in total. The summed E-state index contributed by atoms with van der Waals surface area (Å²) in [5, 5.41) is 6.09.